The van der Waals surface area contributed by atoms with Gasteiger partial charge in [-0.3, -0.25) is 4.79 Å². The number of rotatable bonds is 6. The number of carbonyl (C=O) groups excluding carboxylic acids is 1. The molecule has 1 aliphatic heterocycles. The first-order chi connectivity index (χ1) is 12.2. The number of carbonyl (C=O) groups is 1. The first-order valence-electron chi connectivity index (χ1n) is 8.77. The van der Waals surface area contributed by atoms with Crippen molar-refractivity contribution in [2.45, 2.75) is 39.3 Å². The molecular weight excluding hydrogens is 312 g/mol. The highest BCUT2D eigenvalue weighted by atomic mass is 16.6. The minimum absolute atomic E-state index is 0.0891. The molecule has 2 aromatic rings. The third kappa shape index (κ3) is 4.27. The summed E-state index contributed by atoms with van der Waals surface area (Å²) in [5.41, 5.74) is 4.41. The zero-order valence-electron chi connectivity index (χ0n) is 14.8. The van der Waals surface area contributed by atoms with E-state index in [1.807, 2.05) is 54.3 Å². The molecule has 0 aromatic heterocycles. The molecule has 1 aliphatic rings. The lowest BCUT2D eigenvalue weighted by atomic mass is 10.00. The third-order valence-electron chi connectivity index (χ3n) is 4.48. The van der Waals surface area contributed by atoms with Crippen molar-refractivity contribution < 1.29 is 9.63 Å². The zero-order valence-corrected chi connectivity index (χ0v) is 14.8. The summed E-state index contributed by atoms with van der Waals surface area (Å²) in [6.45, 7) is 5.13. The standard InChI is InChI=1S/C21H24N2O2/c1-3-21(24)23(14-17-10-5-4-6-11-17)15-18-13-20(22-25-18)19-12-8-7-9-16(19)2/h4-12,18H,3,13-15H2,1-2H3/t18-/m0/s1. The molecule has 0 unspecified atom stereocenters. The van der Waals surface area contributed by atoms with E-state index in [1.54, 1.807) is 0 Å². The van der Waals surface area contributed by atoms with Crippen LogP contribution < -0.4 is 0 Å². The van der Waals surface area contributed by atoms with E-state index in [0.717, 1.165) is 23.3 Å². The Morgan fingerprint density at radius 2 is 1.88 bits per heavy atom. The van der Waals surface area contributed by atoms with Crippen LogP contribution in [-0.2, 0) is 16.2 Å². The van der Waals surface area contributed by atoms with Gasteiger partial charge in [0.15, 0.2) is 6.10 Å². The van der Waals surface area contributed by atoms with Crippen LogP contribution in [0.15, 0.2) is 59.8 Å². The maximum atomic E-state index is 12.3. The van der Waals surface area contributed by atoms with Crippen molar-refractivity contribution in [2.24, 2.45) is 5.16 Å². The maximum absolute atomic E-state index is 12.3. The van der Waals surface area contributed by atoms with E-state index < -0.39 is 0 Å². The smallest absolute Gasteiger partial charge is 0.222 e. The highest BCUT2D eigenvalue weighted by Gasteiger charge is 2.26. The van der Waals surface area contributed by atoms with Crippen molar-refractivity contribution in [3.05, 3.63) is 71.3 Å². The molecule has 1 atom stereocenters. The van der Waals surface area contributed by atoms with Crippen LogP contribution >= 0.6 is 0 Å². The van der Waals surface area contributed by atoms with Gasteiger partial charge in [-0.05, 0) is 18.1 Å². The number of hydrogen-bond acceptors (Lipinski definition) is 3. The lowest BCUT2D eigenvalue weighted by Gasteiger charge is -2.24. The lowest BCUT2D eigenvalue weighted by molar-refractivity contribution is -0.133. The Labute approximate surface area is 149 Å². The molecule has 2 aromatic carbocycles. The number of amides is 1. The Bertz CT molecular complexity index is 756. The average Bonchev–Trinajstić information content (AvgIpc) is 3.10. The summed E-state index contributed by atoms with van der Waals surface area (Å²) in [4.78, 5) is 19.8. The van der Waals surface area contributed by atoms with E-state index >= 15 is 0 Å². The summed E-state index contributed by atoms with van der Waals surface area (Å²) in [6.07, 6.45) is 1.13. The first-order valence-corrected chi connectivity index (χ1v) is 8.77. The van der Waals surface area contributed by atoms with Crippen LogP contribution in [-0.4, -0.2) is 29.2 Å². The van der Waals surface area contributed by atoms with Gasteiger partial charge in [-0.1, -0.05) is 66.7 Å². The summed E-state index contributed by atoms with van der Waals surface area (Å²) < 4.78 is 0. The van der Waals surface area contributed by atoms with Crippen LogP contribution in [0.25, 0.3) is 0 Å². The molecule has 0 saturated heterocycles. The first kappa shape index (κ1) is 17.2. The van der Waals surface area contributed by atoms with E-state index in [-0.39, 0.29) is 12.0 Å². The van der Waals surface area contributed by atoms with Crippen LogP contribution in [0.2, 0.25) is 0 Å². The van der Waals surface area contributed by atoms with E-state index in [2.05, 4.69) is 24.2 Å². The van der Waals surface area contributed by atoms with Crippen LogP contribution in [0.1, 0.15) is 36.5 Å². The second-order valence-electron chi connectivity index (χ2n) is 6.40. The summed E-state index contributed by atoms with van der Waals surface area (Å²) in [5.74, 6) is 0.136. The molecule has 1 heterocycles. The van der Waals surface area contributed by atoms with Crippen LogP contribution in [0.4, 0.5) is 0 Å². The van der Waals surface area contributed by atoms with Gasteiger partial charge in [-0.25, -0.2) is 0 Å². The van der Waals surface area contributed by atoms with Gasteiger partial charge < -0.3 is 9.74 Å². The molecular formula is C21H24N2O2. The van der Waals surface area contributed by atoms with Gasteiger partial charge in [0.1, 0.15) is 0 Å². The Morgan fingerprint density at radius 1 is 1.16 bits per heavy atom. The van der Waals surface area contributed by atoms with Crippen molar-refractivity contribution in [1.29, 1.82) is 0 Å². The molecule has 0 saturated carbocycles. The van der Waals surface area contributed by atoms with Gasteiger partial charge in [-0.15, -0.1) is 0 Å². The molecule has 0 radical (unpaired) electrons. The topological polar surface area (TPSA) is 41.9 Å². The third-order valence-corrected chi connectivity index (χ3v) is 4.48. The van der Waals surface area contributed by atoms with E-state index in [0.29, 0.717) is 19.5 Å². The number of aryl methyl sites for hydroxylation is 1. The van der Waals surface area contributed by atoms with Gasteiger partial charge in [-0.2, -0.15) is 0 Å². The summed E-state index contributed by atoms with van der Waals surface area (Å²) in [7, 11) is 0. The second-order valence-corrected chi connectivity index (χ2v) is 6.40. The maximum Gasteiger partial charge on any atom is 0.222 e. The molecule has 3 rings (SSSR count). The summed E-state index contributed by atoms with van der Waals surface area (Å²) in [6, 6.07) is 18.2. The molecule has 0 bridgehead atoms. The molecule has 4 nitrogen and oxygen atoms in total. The highest BCUT2D eigenvalue weighted by Crippen LogP contribution is 2.21. The normalized spacial score (nSPS) is 16.2. The number of nitrogens with zero attached hydrogens (tertiary/aromatic N) is 2. The molecule has 130 valence electrons. The van der Waals surface area contributed by atoms with Crippen molar-refractivity contribution in [1.82, 2.24) is 4.90 Å². The SMILES string of the molecule is CCC(=O)N(Cc1ccccc1)C[C@@H]1CC(c2ccccc2C)=NO1. The quantitative estimate of drug-likeness (QED) is 0.802. The van der Waals surface area contributed by atoms with E-state index in [1.165, 1.54) is 5.56 Å². The Hall–Kier alpha value is -2.62. The van der Waals surface area contributed by atoms with Crippen molar-refractivity contribution in [2.75, 3.05) is 6.54 Å². The Kier molecular flexibility index (Phi) is 5.49. The number of hydrogen-bond donors (Lipinski definition) is 0. The summed E-state index contributed by atoms with van der Waals surface area (Å²) in [5, 5.41) is 4.27. The van der Waals surface area contributed by atoms with Crippen molar-refractivity contribution in [3.8, 4) is 0 Å². The Balaban J connectivity index is 1.66. The lowest BCUT2D eigenvalue weighted by Crippen LogP contribution is -2.36. The van der Waals surface area contributed by atoms with Gasteiger partial charge in [0.2, 0.25) is 5.91 Å². The molecule has 0 aliphatic carbocycles. The number of oxime groups is 1. The van der Waals surface area contributed by atoms with E-state index in [4.69, 9.17) is 4.84 Å². The van der Waals surface area contributed by atoms with Crippen LogP contribution in [0, 0.1) is 6.92 Å². The van der Waals surface area contributed by atoms with E-state index in [9.17, 15) is 4.79 Å². The van der Waals surface area contributed by atoms with Gasteiger partial charge >= 0.3 is 0 Å². The molecule has 1 amide bonds. The molecule has 4 heteroatoms. The molecule has 25 heavy (non-hydrogen) atoms. The fourth-order valence-corrected chi connectivity index (χ4v) is 3.11. The minimum atomic E-state index is -0.0891. The van der Waals surface area contributed by atoms with Crippen LogP contribution in [0.3, 0.4) is 0 Å². The predicted molar refractivity (Wildman–Crippen MR) is 99.4 cm³/mol. The highest BCUT2D eigenvalue weighted by molar-refractivity contribution is 6.02. The largest absolute Gasteiger partial charge is 0.390 e. The Morgan fingerprint density at radius 3 is 2.60 bits per heavy atom. The molecule has 0 fully saturated rings. The number of benzene rings is 2. The van der Waals surface area contributed by atoms with Crippen molar-refractivity contribution >= 4 is 11.6 Å². The minimum Gasteiger partial charge on any atom is -0.390 e. The second kappa shape index (κ2) is 7.97. The predicted octanol–water partition coefficient (Wildman–Crippen LogP) is 3.93. The average molecular weight is 336 g/mol. The van der Waals surface area contributed by atoms with Crippen molar-refractivity contribution in [3.63, 3.8) is 0 Å². The van der Waals surface area contributed by atoms with Gasteiger partial charge in [0.05, 0.1) is 12.3 Å². The fourth-order valence-electron chi connectivity index (χ4n) is 3.11. The summed E-state index contributed by atoms with van der Waals surface area (Å²) >= 11 is 0. The monoisotopic (exact) mass is 336 g/mol. The van der Waals surface area contributed by atoms with Gasteiger partial charge in [0.25, 0.3) is 0 Å². The van der Waals surface area contributed by atoms with Crippen LogP contribution in [0.5, 0.6) is 0 Å². The van der Waals surface area contributed by atoms with Gasteiger partial charge in [0, 0.05) is 24.9 Å². The molecule has 0 spiro atoms. The fraction of sp³-hybridized carbons (Fsp3) is 0.333. The molecule has 0 N–H and O–H groups in total. The zero-order chi connectivity index (χ0) is 17.6.